The molecule has 2 saturated carbocycles. The minimum atomic E-state index is 0.0498. The molecule has 2 aliphatic carbocycles. The molecule has 2 atom stereocenters. The predicted octanol–water partition coefficient (Wildman–Crippen LogP) is 2.34. The third-order valence-corrected chi connectivity index (χ3v) is 3.26. The number of aliphatic hydroxyl groups is 1. The van der Waals surface area contributed by atoms with Gasteiger partial charge in [0.05, 0.1) is 6.10 Å². The molecule has 1 N–H and O–H groups in total. The Morgan fingerprint density at radius 3 is 2.36 bits per heavy atom. The predicted molar refractivity (Wildman–Crippen MR) is 45.3 cm³/mol. The topological polar surface area (TPSA) is 20.2 Å². The van der Waals surface area contributed by atoms with Crippen molar-refractivity contribution in [1.82, 2.24) is 0 Å². The van der Waals surface area contributed by atoms with Crippen LogP contribution in [0.15, 0.2) is 0 Å². The van der Waals surface area contributed by atoms with E-state index in [0.29, 0.717) is 5.92 Å². The van der Waals surface area contributed by atoms with Crippen molar-refractivity contribution in [2.24, 2.45) is 11.8 Å². The van der Waals surface area contributed by atoms with Crippen molar-refractivity contribution in [2.45, 2.75) is 51.0 Å². The first-order valence-electron chi connectivity index (χ1n) is 5.04. The summed E-state index contributed by atoms with van der Waals surface area (Å²) in [7, 11) is 0. The van der Waals surface area contributed by atoms with Crippen LogP contribution >= 0.6 is 0 Å². The molecule has 0 radical (unpaired) electrons. The lowest BCUT2D eigenvalue weighted by Gasteiger charge is -2.12. The summed E-state index contributed by atoms with van der Waals surface area (Å²) in [4.78, 5) is 0. The Hall–Kier alpha value is -0.0400. The molecule has 2 rings (SSSR count). The molecule has 2 fully saturated rings. The van der Waals surface area contributed by atoms with Crippen LogP contribution in [0.4, 0.5) is 0 Å². The molecule has 0 aromatic heterocycles. The van der Waals surface area contributed by atoms with Gasteiger partial charge in [-0.15, -0.1) is 0 Å². The first-order valence-corrected chi connectivity index (χ1v) is 5.04. The molecule has 0 aromatic rings. The highest BCUT2D eigenvalue weighted by molar-refractivity contribution is 4.80. The fourth-order valence-electron chi connectivity index (χ4n) is 2.21. The van der Waals surface area contributed by atoms with Crippen molar-refractivity contribution in [3.05, 3.63) is 0 Å². The smallest absolute Gasteiger partial charge is 0.0568 e. The number of aliphatic hydroxyl groups excluding tert-OH is 1. The lowest BCUT2D eigenvalue weighted by Crippen LogP contribution is -2.12. The fraction of sp³-hybridized carbons (Fsp3) is 1.00. The van der Waals surface area contributed by atoms with Crippen LogP contribution in [0.25, 0.3) is 0 Å². The third-order valence-electron chi connectivity index (χ3n) is 3.26. The van der Waals surface area contributed by atoms with E-state index in [1.807, 2.05) is 0 Å². The van der Waals surface area contributed by atoms with Gasteiger partial charge in [0.2, 0.25) is 0 Å². The Labute approximate surface area is 68.8 Å². The Balaban J connectivity index is 1.67. The second kappa shape index (κ2) is 3.14. The van der Waals surface area contributed by atoms with Gasteiger partial charge in [-0.3, -0.25) is 0 Å². The molecular weight excluding hydrogens is 136 g/mol. The average molecular weight is 154 g/mol. The van der Waals surface area contributed by atoms with Crippen LogP contribution in [0, 0.1) is 11.8 Å². The van der Waals surface area contributed by atoms with Crippen molar-refractivity contribution >= 4 is 0 Å². The lowest BCUT2D eigenvalue weighted by atomic mass is 9.98. The highest BCUT2D eigenvalue weighted by Crippen LogP contribution is 2.38. The quantitative estimate of drug-likeness (QED) is 0.661. The van der Waals surface area contributed by atoms with Gasteiger partial charge < -0.3 is 5.11 Å². The highest BCUT2D eigenvalue weighted by atomic mass is 16.3. The summed E-state index contributed by atoms with van der Waals surface area (Å²) in [5.41, 5.74) is 0. The van der Waals surface area contributed by atoms with E-state index in [2.05, 4.69) is 0 Å². The van der Waals surface area contributed by atoms with E-state index in [9.17, 15) is 5.11 Å². The Morgan fingerprint density at radius 1 is 1.00 bits per heavy atom. The monoisotopic (exact) mass is 154 g/mol. The standard InChI is InChI=1S/C10H18O/c11-10-3-1-2-9(10)7-6-8-4-5-8/h8-11H,1-7H2/t9-,10+/m0/s1. The van der Waals surface area contributed by atoms with Crippen LogP contribution in [0.5, 0.6) is 0 Å². The maximum Gasteiger partial charge on any atom is 0.0568 e. The van der Waals surface area contributed by atoms with E-state index in [0.717, 1.165) is 12.3 Å². The van der Waals surface area contributed by atoms with Gasteiger partial charge in [-0.2, -0.15) is 0 Å². The van der Waals surface area contributed by atoms with Crippen molar-refractivity contribution < 1.29 is 5.11 Å². The number of hydrogen-bond donors (Lipinski definition) is 1. The molecule has 11 heavy (non-hydrogen) atoms. The van der Waals surface area contributed by atoms with E-state index in [4.69, 9.17) is 0 Å². The minimum Gasteiger partial charge on any atom is -0.393 e. The minimum absolute atomic E-state index is 0.0498. The molecule has 1 heteroatoms. The van der Waals surface area contributed by atoms with Crippen molar-refractivity contribution in [3.8, 4) is 0 Å². The number of hydrogen-bond acceptors (Lipinski definition) is 1. The summed E-state index contributed by atoms with van der Waals surface area (Å²) < 4.78 is 0. The van der Waals surface area contributed by atoms with Crippen molar-refractivity contribution in [3.63, 3.8) is 0 Å². The lowest BCUT2D eigenvalue weighted by molar-refractivity contribution is 0.126. The van der Waals surface area contributed by atoms with Gasteiger partial charge in [-0.1, -0.05) is 25.7 Å². The van der Waals surface area contributed by atoms with Gasteiger partial charge in [-0.25, -0.2) is 0 Å². The second-order valence-electron chi connectivity index (χ2n) is 4.28. The number of rotatable bonds is 3. The van der Waals surface area contributed by atoms with Gasteiger partial charge in [0.1, 0.15) is 0 Å². The molecule has 0 unspecified atom stereocenters. The van der Waals surface area contributed by atoms with Crippen molar-refractivity contribution in [2.75, 3.05) is 0 Å². The summed E-state index contributed by atoms with van der Waals surface area (Å²) in [6.07, 6.45) is 9.27. The van der Waals surface area contributed by atoms with E-state index in [-0.39, 0.29) is 6.10 Å². The van der Waals surface area contributed by atoms with Gasteiger partial charge >= 0.3 is 0 Å². The van der Waals surface area contributed by atoms with Crippen LogP contribution < -0.4 is 0 Å². The normalized spacial score (nSPS) is 37.9. The summed E-state index contributed by atoms with van der Waals surface area (Å²) in [5, 5.41) is 9.52. The second-order valence-corrected chi connectivity index (χ2v) is 4.28. The average Bonchev–Trinajstić information content (AvgIpc) is 2.73. The molecule has 0 amide bonds. The van der Waals surface area contributed by atoms with Crippen LogP contribution in [0.2, 0.25) is 0 Å². The molecular formula is C10H18O. The summed E-state index contributed by atoms with van der Waals surface area (Å²) >= 11 is 0. The largest absolute Gasteiger partial charge is 0.393 e. The maximum atomic E-state index is 9.52. The zero-order chi connectivity index (χ0) is 7.68. The first kappa shape index (κ1) is 7.60. The van der Waals surface area contributed by atoms with Gasteiger partial charge in [0.25, 0.3) is 0 Å². The SMILES string of the molecule is O[C@@H]1CCC[C@H]1CCC1CC1. The summed E-state index contributed by atoms with van der Waals surface area (Å²) in [6, 6.07) is 0. The Bertz CT molecular complexity index is 129. The summed E-state index contributed by atoms with van der Waals surface area (Å²) in [6.45, 7) is 0. The van der Waals surface area contributed by atoms with Crippen LogP contribution in [-0.2, 0) is 0 Å². The molecule has 0 heterocycles. The highest BCUT2D eigenvalue weighted by Gasteiger charge is 2.28. The molecule has 0 bridgehead atoms. The zero-order valence-corrected chi connectivity index (χ0v) is 7.13. The van der Waals surface area contributed by atoms with Crippen molar-refractivity contribution in [1.29, 1.82) is 0 Å². The molecule has 0 aromatic carbocycles. The third kappa shape index (κ3) is 1.96. The van der Waals surface area contributed by atoms with Gasteiger partial charge in [-0.05, 0) is 31.1 Å². The Morgan fingerprint density at radius 2 is 1.82 bits per heavy atom. The Kier molecular flexibility index (Phi) is 2.17. The molecule has 0 spiro atoms. The first-order chi connectivity index (χ1) is 5.36. The fourth-order valence-corrected chi connectivity index (χ4v) is 2.21. The van der Waals surface area contributed by atoms with Crippen LogP contribution in [0.3, 0.4) is 0 Å². The molecule has 2 aliphatic rings. The van der Waals surface area contributed by atoms with E-state index in [1.54, 1.807) is 0 Å². The molecule has 0 saturated heterocycles. The van der Waals surface area contributed by atoms with E-state index < -0.39 is 0 Å². The summed E-state index contributed by atoms with van der Waals surface area (Å²) in [5.74, 6) is 1.71. The zero-order valence-electron chi connectivity index (χ0n) is 7.13. The maximum absolute atomic E-state index is 9.52. The molecule has 64 valence electrons. The van der Waals surface area contributed by atoms with E-state index in [1.165, 1.54) is 38.5 Å². The van der Waals surface area contributed by atoms with Crippen LogP contribution in [-0.4, -0.2) is 11.2 Å². The molecule has 0 aliphatic heterocycles. The molecule has 1 nitrogen and oxygen atoms in total. The van der Waals surface area contributed by atoms with Gasteiger partial charge in [0.15, 0.2) is 0 Å². The van der Waals surface area contributed by atoms with E-state index >= 15 is 0 Å². The van der Waals surface area contributed by atoms with Crippen LogP contribution in [0.1, 0.15) is 44.9 Å². The van der Waals surface area contributed by atoms with Gasteiger partial charge in [0, 0.05) is 0 Å².